The van der Waals surface area contributed by atoms with Crippen molar-refractivity contribution < 1.29 is 4.79 Å². The van der Waals surface area contributed by atoms with Gasteiger partial charge in [-0.15, -0.1) is 0 Å². The normalized spacial score (nSPS) is 14.1. The molecule has 1 aromatic carbocycles. The minimum atomic E-state index is -0.420. The van der Waals surface area contributed by atoms with Crippen LogP contribution in [0.25, 0.3) is 0 Å². The molecule has 3 N–H and O–H groups in total. The van der Waals surface area contributed by atoms with Crippen LogP contribution >= 0.6 is 11.6 Å². The first-order valence-electron chi connectivity index (χ1n) is 5.83. The Kier molecular flexibility index (Phi) is 5.45. The molecule has 0 spiro atoms. The third kappa shape index (κ3) is 4.75. The van der Waals surface area contributed by atoms with Gasteiger partial charge in [0.25, 0.3) is 0 Å². The smallest absolute Gasteiger partial charge is 0.237 e. The molecule has 4 heteroatoms. The average Bonchev–Trinajstić information content (AvgIpc) is 2.27. The zero-order chi connectivity index (χ0) is 12.8. The van der Waals surface area contributed by atoms with Gasteiger partial charge in [0.1, 0.15) is 0 Å². The fourth-order valence-electron chi connectivity index (χ4n) is 1.60. The summed E-state index contributed by atoms with van der Waals surface area (Å²) in [6, 6.07) is 7.28. The van der Waals surface area contributed by atoms with Crippen LogP contribution < -0.4 is 11.1 Å². The third-order valence-corrected chi connectivity index (χ3v) is 2.83. The van der Waals surface area contributed by atoms with Gasteiger partial charge in [-0.3, -0.25) is 4.79 Å². The molecule has 1 unspecified atom stereocenters. The fourth-order valence-corrected chi connectivity index (χ4v) is 1.82. The van der Waals surface area contributed by atoms with Gasteiger partial charge in [0, 0.05) is 11.1 Å². The third-order valence-electron chi connectivity index (χ3n) is 2.60. The largest absolute Gasteiger partial charge is 0.352 e. The van der Waals surface area contributed by atoms with E-state index in [2.05, 4.69) is 5.32 Å². The molecular formula is C13H19ClN2O. The Morgan fingerprint density at radius 1 is 1.53 bits per heavy atom. The lowest BCUT2D eigenvalue weighted by Crippen LogP contribution is -2.44. The molecule has 3 nitrogen and oxygen atoms in total. The van der Waals surface area contributed by atoms with Crippen molar-refractivity contribution in [3.63, 3.8) is 0 Å². The summed E-state index contributed by atoms with van der Waals surface area (Å²) in [6.07, 6.45) is 1.40. The van der Waals surface area contributed by atoms with E-state index in [1.807, 2.05) is 38.1 Å². The Bertz CT molecular complexity index is 381. The first-order valence-corrected chi connectivity index (χ1v) is 6.21. The van der Waals surface area contributed by atoms with Crippen LogP contribution in [0.1, 0.15) is 25.8 Å². The Balaban J connectivity index is 2.50. The molecular weight excluding hydrogens is 236 g/mol. The average molecular weight is 255 g/mol. The van der Waals surface area contributed by atoms with Gasteiger partial charge in [-0.25, -0.2) is 0 Å². The number of halogens is 1. The van der Waals surface area contributed by atoms with Crippen molar-refractivity contribution in [3.05, 3.63) is 34.9 Å². The van der Waals surface area contributed by atoms with Gasteiger partial charge in [-0.2, -0.15) is 0 Å². The molecule has 1 aromatic rings. The Labute approximate surface area is 107 Å². The van der Waals surface area contributed by atoms with Crippen LogP contribution in [0.15, 0.2) is 24.3 Å². The predicted octanol–water partition coefficient (Wildman–Crippen LogP) is 2.12. The molecule has 1 amide bonds. The van der Waals surface area contributed by atoms with E-state index in [1.54, 1.807) is 0 Å². The minimum absolute atomic E-state index is 0.0542. The maximum absolute atomic E-state index is 11.6. The van der Waals surface area contributed by atoms with Gasteiger partial charge < -0.3 is 11.1 Å². The molecule has 0 aliphatic heterocycles. The maximum atomic E-state index is 11.6. The molecule has 1 rings (SSSR count). The van der Waals surface area contributed by atoms with Crippen LogP contribution in [0.4, 0.5) is 0 Å². The number of rotatable bonds is 5. The molecule has 0 fully saturated rings. The standard InChI is InChI=1S/C13H19ClN2O/c1-3-12(15)13(17)16-9(2)7-10-5-4-6-11(14)8-10/h4-6,8-9,12H,3,7,15H2,1-2H3,(H,16,17)/t9?,12-/m0/s1. The van der Waals surface area contributed by atoms with Crippen LogP contribution in [0.2, 0.25) is 5.02 Å². The van der Waals surface area contributed by atoms with Crippen molar-refractivity contribution in [2.45, 2.75) is 38.8 Å². The zero-order valence-electron chi connectivity index (χ0n) is 10.2. The summed E-state index contributed by atoms with van der Waals surface area (Å²) >= 11 is 5.90. The lowest BCUT2D eigenvalue weighted by atomic mass is 10.1. The first kappa shape index (κ1) is 14.0. The zero-order valence-corrected chi connectivity index (χ0v) is 11.0. The lowest BCUT2D eigenvalue weighted by molar-refractivity contribution is -0.123. The highest BCUT2D eigenvalue weighted by Crippen LogP contribution is 2.12. The van der Waals surface area contributed by atoms with E-state index in [-0.39, 0.29) is 11.9 Å². The van der Waals surface area contributed by atoms with E-state index >= 15 is 0 Å². The van der Waals surface area contributed by atoms with Crippen molar-refractivity contribution in [3.8, 4) is 0 Å². The van der Waals surface area contributed by atoms with Crippen LogP contribution in [-0.4, -0.2) is 18.0 Å². The molecule has 0 aliphatic rings. The molecule has 17 heavy (non-hydrogen) atoms. The fraction of sp³-hybridized carbons (Fsp3) is 0.462. The molecule has 0 heterocycles. The highest BCUT2D eigenvalue weighted by Gasteiger charge is 2.13. The van der Waals surface area contributed by atoms with Crippen LogP contribution in [-0.2, 0) is 11.2 Å². The summed E-state index contributed by atoms with van der Waals surface area (Å²) in [4.78, 5) is 11.6. The van der Waals surface area contributed by atoms with Gasteiger partial charge in [0.05, 0.1) is 6.04 Å². The first-order chi connectivity index (χ1) is 8.02. The highest BCUT2D eigenvalue weighted by atomic mass is 35.5. The topological polar surface area (TPSA) is 55.1 Å². The molecule has 0 aromatic heterocycles. The van der Waals surface area contributed by atoms with Crippen LogP contribution in [0, 0.1) is 0 Å². The molecule has 2 atom stereocenters. The summed E-state index contributed by atoms with van der Waals surface area (Å²) in [5.41, 5.74) is 6.76. The number of carbonyl (C=O) groups is 1. The second kappa shape index (κ2) is 6.62. The van der Waals surface area contributed by atoms with Gasteiger partial charge in [-0.1, -0.05) is 30.7 Å². The van der Waals surface area contributed by atoms with E-state index in [9.17, 15) is 4.79 Å². The van der Waals surface area contributed by atoms with E-state index in [0.29, 0.717) is 11.4 Å². The highest BCUT2D eigenvalue weighted by molar-refractivity contribution is 6.30. The molecule has 0 bridgehead atoms. The van der Waals surface area contributed by atoms with Crippen LogP contribution in [0.3, 0.4) is 0 Å². The van der Waals surface area contributed by atoms with Crippen molar-refractivity contribution in [1.29, 1.82) is 0 Å². The Hall–Kier alpha value is -1.06. The number of carbonyl (C=O) groups excluding carboxylic acids is 1. The van der Waals surface area contributed by atoms with E-state index < -0.39 is 6.04 Å². The molecule has 0 saturated heterocycles. The number of hydrogen-bond acceptors (Lipinski definition) is 2. The van der Waals surface area contributed by atoms with Crippen molar-refractivity contribution >= 4 is 17.5 Å². The minimum Gasteiger partial charge on any atom is -0.352 e. The van der Waals surface area contributed by atoms with E-state index in [4.69, 9.17) is 17.3 Å². The number of amides is 1. The van der Waals surface area contributed by atoms with Gasteiger partial charge in [0.15, 0.2) is 0 Å². The molecule has 0 aliphatic carbocycles. The number of hydrogen-bond donors (Lipinski definition) is 2. The van der Waals surface area contributed by atoms with Crippen LogP contribution in [0.5, 0.6) is 0 Å². The van der Waals surface area contributed by atoms with Gasteiger partial charge >= 0.3 is 0 Å². The van der Waals surface area contributed by atoms with Crippen molar-refractivity contribution in [1.82, 2.24) is 5.32 Å². The van der Waals surface area contributed by atoms with E-state index in [0.717, 1.165) is 12.0 Å². The second-order valence-corrected chi connectivity index (χ2v) is 4.69. The Morgan fingerprint density at radius 2 is 2.24 bits per heavy atom. The van der Waals surface area contributed by atoms with Crippen molar-refractivity contribution in [2.75, 3.05) is 0 Å². The van der Waals surface area contributed by atoms with Crippen molar-refractivity contribution in [2.24, 2.45) is 5.73 Å². The number of nitrogens with two attached hydrogens (primary N) is 1. The lowest BCUT2D eigenvalue weighted by Gasteiger charge is -2.16. The SMILES string of the molecule is CC[C@H](N)C(=O)NC(C)Cc1cccc(Cl)c1. The summed E-state index contributed by atoms with van der Waals surface area (Å²) in [7, 11) is 0. The summed E-state index contributed by atoms with van der Waals surface area (Å²) in [5, 5.41) is 3.61. The number of benzene rings is 1. The quantitative estimate of drug-likeness (QED) is 0.846. The van der Waals surface area contributed by atoms with E-state index in [1.165, 1.54) is 0 Å². The van der Waals surface area contributed by atoms with Gasteiger partial charge in [-0.05, 0) is 37.5 Å². The maximum Gasteiger partial charge on any atom is 0.237 e. The van der Waals surface area contributed by atoms with Gasteiger partial charge in [0.2, 0.25) is 5.91 Å². The predicted molar refractivity (Wildman–Crippen MR) is 71.0 cm³/mol. The number of nitrogens with one attached hydrogen (secondary N) is 1. The summed E-state index contributed by atoms with van der Waals surface area (Å²) < 4.78 is 0. The Morgan fingerprint density at radius 3 is 2.82 bits per heavy atom. The second-order valence-electron chi connectivity index (χ2n) is 4.26. The summed E-state index contributed by atoms with van der Waals surface area (Å²) in [6.45, 7) is 3.85. The molecule has 0 saturated carbocycles. The molecule has 0 radical (unpaired) electrons. The molecule has 94 valence electrons. The summed E-state index contributed by atoms with van der Waals surface area (Å²) in [5.74, 6) is -0.0953. The monoisotopic (exact) mass is 254 g/mol.